The number of fused-ring (bicyclic) bond motifs is 1. The number of hydrogen-bond acceptors (Lipinski definition) is 13. The number of rotatable bonds is 7. The van der Waals surface area contributed by atoms with Crippen LogP contribution in [0.15, 0.2) is 0 Å². The van der Waals surface area contributed by atoms with Crippen molar-refractivity contribution >= 4 is 23.6 Å². The SMILES string of the molecule is CC[C@H]1OC(=O)C(C)(O)C(=O)[C@H](C)[C@@H](O[C@@H]2O[C@H](C)C[C@H](N(C)C)[C@H]2O)[C@@](C)(OCC(C)O)C[C@@H](C)C(=O)[C@H](C)C2NC(=O)O[C@@]21C. The summed E-state index contributed by atoms with van der Waals surface area (Å²) in [4.78, 5) is 56.3. The van der Waals surface area contributed by atoms with Crippen LogP contribution in [-0.4, -0.2) is 130 Å². The van der Waals surface area contributed by atoms with Gasteiger partial charge in [-0.25, -0.2) is 9.59 Å². The summed E-state index contributed by atoms with van der Waals surface area (Å²) in [7, 11) is 3.63. The maximum Gasteiger partial charge on any atom is 0.408 e. The van der Waals surface area contributed by atoms with E-state index in [0.717, 1.165) is 6.92 Å². The second kappa shape index (κ2) is 14.7. The number of likely N-dealkylation sites (N-methyl/N-ethyl adjacent to an activating group) is 1. The first-order valence-electron chi connectivity index (χ1n) is 16.6. The molecule has 47 heavy (non-hydrogen) atoms. The number of ketones is 2. The van der Waals surface area contributed by atoms with Gasteiger partial charge in [0.1, 0.15) is 18.0 Å². The van der Waals surface area contributed by atoms with E-state index in [-0.39, 0.29) is 37.4 Å². The van der Waals surface area contributed by atoms with Crippen LogP contribution >= 0.6 is 0 Å². The van der Waals surface area contributed by atoms with Gasteiger partial charge in [0.05, 0.1) is 36.6 Å². The highest BCUT2D eigenvalue weighted by molar-refractivity contribution is 6.07. The number of aliphatic hydroxyl groups is 3. The van der Waals surface area contributed by atoms with Gasteiger partial charge in [0.15, 0.2) is 17.7 Å². The van der Waals surface area contributed by atoms with Crippen LogP contribution in [-0.2, 0) is 38.1 Å². The second-order valence-electron chi connectivity index (χ2n) is 14.6. The first kappa shape index (κ1) is 39.2. The van der Waals surface area contributed by atoms with E-state index in [1.54, 1.807) is 34.6 Å². The Hall–Kier alpha value is -2.20. The summed E-state index contributed by atoms with van der Waals surface area (Å²) in [6.45, 7) is 13.8. The standard InChI is InChI=1S/C33H56N2O12/c1-12-22-33(9)25(34-30(41)47-33)19(5)23(37)16(2)14-31(7,43-15-17(3)36)27(20(6)26(39)32(8,42)29(40)45-22)46-28-24(38)21(35(10)11)13-18(4)44-28/h16-22,24-25,27-28,36,38,42H,12-15H2,1-11H3,(H,34,41)/t16-,17?,18-,19+,20+,21+,22-,24-,25?,27-,28+,31+,32?,33-/m1/s1. The number of Topliss-reactive ketones (excluding diaryl/α,β-unsaturated/α-hetero) is 2. The Morgan fingerprint density at radius 3 is 2.23 bits per heavy atom. The molecule has 0 saturated carbocycles. The van der Waals surface area contributed by atoms with Crippen LogP contribution in [0, 0.1) is 17.8 Å². The summed E-state index contributed by atoms with van der Waals surface area (Å²) >= 11 is 0. The molecule has 3 unspecified atom stereocenters. The molecule has 3 saturated heterocycles. The fourth-order valence-electron chi connectivity index (χ4n) is 7.46. The summed E-state index contributed by atoms with van der Waals surface area (Å²) in [5.41, 5.74) is -5.71. The van der Waals surface area contributed by atoms with E-state index >= 15 is 0 Å². The van der Waals surface area contributed by atoms with Gasteiger partial charge in [0, 0.05) is 23.8 Å². The van der Waals surface area contributed by atoms with Gasteiger partial charge in [-0.3, -0.25) is 9.59 Å². The van der Waals surface area contributed by atoms with E-state index in [4.69, 9.17) is 23.7 Å². The van der Waals surface area contributed by atoms with Gasteiger partial charge in [-0.05, 0) is 68.0 Å². The lowest BCUT2D eigenvalue weighted by atomic mass is 9.73. The van der Waals surface area contributed by atoms with Gasteiger partial charge in [0.25, 0.3) is 0 Å². The highest BCUT2D eigenvalue weighted by atomic mass is 16.7. The molecule has 3 aliphatic heterocycles. The van der Waals surface area contributed by atoms with E-state index in [1.807, 2.05) is 25.9 Å². The molecule has 3 fully saturated rings. The first-order chi connectivity index (χ1) is 21.6. The number of esters is 1. The number of hydrogen-bond donors (Lipinski definition) is 4. The molecule has 1 amide bonds. The summed E-state index contributed by atoms with van der Waals surface area (Å²) in [6.07, 6.45) is -6.31. The van der Waals surface area contributed by atoms with Gasteiger partial charge in [-0.2, -0.15) is 0 Å². The van der Waals surface area contributed by atoms with E-state index < -0.39 is 89.2 Å². The Morgan fingerprint density at radius 2 is 1.68 bits per heavy atom. The summed E-state index contributed by atoms with van der Waals surface area (Å²) < 4.78 is 30.2. The predicted molar refractivity (Wildman–Crippen MR) is 168 cm³/mol. The molecule has 0 aromatic heterocycles. The number of carbonyl (C=O) groups excluding carboxylic acids is 4. The molecule has 0 aliphatic carbocycles. The van der Waals surface area contributed by atoms with Crippen molar-refractivity contribution in [1.82, 2.24) is 10.2 Å². The van der Waals surface area contributed by atoms with E-state index in [0.29, 0.717) is 6.42 Å². The van der Waals surface area contributed by atoms with Crippen molar-refractivity contribution in [1.29, 1.82) is 0 Å². The van der Waals surface area contributed by atoms with Gasteiger partial charge in [0.2, 0.25) is 5.60 Å². The van der Waals surface area contributed by atoms with Crippen LogP contribution in [0.1, 0.15) is 81.6 Å². The maximum atomic E-state index is 14.2. The minimum atomic E-state index is -2.69. The Morgan fingerprint density at radius 1 is 1.06 bits per heavy atom. The van der Waals surface area contributed by atoms with Crippen molar-refractivity contribution < 1.29 is 58.2 Å². The molecule has 14 heteroatoms. The fourth-order valence-corrected chi connectivity index (χ4v) is 7.46. The number of ether oxygens (including phenoxy) is 5. The van der Waals surface area contributed by atoms with Crippen LogP contribution in [0.25, 0.3) is 0 Å². The number of nitrogens with one attached hydrogen (secondary N) is 1. The first-order valence-corrected chi connectivity index (χ1v) is 16.6. The number of amides is 1. The molecule has 0 radical (unpaired) electrons. The Bertz CT molecular complexity index is 1160. The van der Waals surface area contributed by atoms with Crippen LogP contribution < -0.4 is 5.32 Å². The highest BCUT2D eigenvalue weighted by Gasteiger charge is 2.59. The van der Waals surface area contributed by atoms with Crippen LogP contribution in [0.3, 0.4) is 0 Å². The summed E-state index contributed by atoms with van der Waals surface area (Å²) in [5, 5.41) is 35.8. The average Bonchev–Trinajstić information content (AvgIpc) is 3.30. The number of carbonyl (C=O) groups is 4. The third-order valence-corrected chi connectivity index (χ3v) is 10.2. The van der Waals surface area contributed by atoms with Gasteiger partial charge in [-0.1, -0.05) is 27.7 Å². The van der Waals surface area contributed by atoms with Crippen LogP contribution in [0.2, 0.25) is 0 Å². The molecular formula is C33H56N2O12. The molecule has 0 bridgehead atoms. The number of nitrogens with zero attached hydrogens (tertiary/aromatic N) is 1. The van der Waals surface area contributed by atoms with Crippen LogP contribution in [0.4, 0.5) is 4.79 Å². The lowest BCUT2D eigenvalue weighted by Crippen LogP contribution is -2.62. The lowest BCUT2D eigenvalue weighted by molar-refractivity contribution is -0.299. The molecule has 14 nitrogen and oxygen atoms in total. The van der Waals surface area contributed by atoms with Crippen molar-refractivity contribution in [2.45, 2.75) is 147 Å². The number of aliphatic hydroxyl groups excluding tert-OH is 2. The van der Waals surface area contributed by atoms with Crippen molar-refractivity contribution in [3.63, 3.8) is 0 Å². The normalized spacial score (nSPS) is 44.7. The summed E-state index contributed by atoms with van der Waals surface area (Å²) in [6, 6.07) is -1.28. The molecule has 3 aliphatic rings. The minimum Gasteiger partial charge on any atom is -0.456 e. The van der Waals surface area contributed by atoms with Crippen molar-refractivity contribution in [3.05, 3.63) is 0 Å². The molecule has 0 aromatic rings. The highest BCUT2D eigenvalue weighted by Crippen LogP contribution is 2.41. The van der Waals surface area contributed by atoms with Gasteiger partial charge >= 0.3 is 12.1 Å². The zero-order valence-corrected chi connectivity index (χ0v) is 29.6. The molecule has 14 atom stereocenters. The van der Waals surface area contributed by atoms with Crippen molar-refractivity contribution in [2.24, 2.45) is 17.8 Å². The largest absolute Gasteiger partial charge is 0.456 e. The van der Waals surface area contributed by atoms with Crippen LogP contribution in [0.5, 0.6) is 0 Å². The van der Waals surface area contributed by atoms with E-state index in [9.17, 15) is 34.5 Å². The van der Waals surface area contributed by atoms with E-state index in [2.05, 4.69) is 5.32 Å². The molecule has 0 spiro atoms. The van der Waals surface area contributed by atoms with Crippen molar-refractivity contribution in [2.75, 3.05) is 20.7 Å². The second-order valence-corrected chi connectivity index (χ2v) is 14.6. The predicted octanol–water partition coefficient (Wildman–Crippen LogP) is 1.34. The van der Waals surface area contributed by atoms with Gasteiger partial charge in [-0.15, -0.1) is 0 Å². The third-order valence-electron chi connectivity index (χ3n) is 10.2. The summed E-state index contributed by atoms with van der Waals surface area (Å²) in [5.74, 6) is -5.38. The monoisotopic (exact) mass is 672 g/mol. The molecule has 0 aromatic carbocycles. The Kier molecular flexibility index (Phi) is 12.3. The number of alkyl carbamates (subject to hydrolysis) is 1. The zero-order chi connectivity index (χ0) is 35.8. The smallest absolute Gasteiger partial charge is 0.408 e. The average molecular weight is 673 g/mol. The topological polar surface area (TPSA) is 190 Å². The minimum absolute atomic E-state index is 0.0390. The molecular weight excluding hydrogens is 616 g/mol. The van der Waals surface area contributed by atoms with Gasteiger partial charge < -0.3 is 49.2 Å². The van der Waals surface area contributed by atoms with E-state index in [1.165, 1.54) is 13.8 Å². The maximum absolute atomic E-state index is 14.2. The fraction of sp³-hybridized carbons (Fsp3) is 0.879. The zero-order valence-electron chi connectivity index (χ0n) is 29.6. The molecule has 3 heterocycles. The number of cyclic esters (lactones) is 1. The quantitative estimate of drug-likeness (QED) is 0.224. The Balaban J connectivity index is 2.20. The molecule has 3 rings (SSSR count). The Labute approximate surface area is 277 Å². The third kappa shape index (κ3) is 8.00. The molecule has 4 N–H and O–H groups in total. The van der Waals surface area contributed by atoms with Crippen molar-refractivity contribution in [3.8, 4) is 0 Å². The lowest BCUT2D eigenvalue weighted by Gasteiger charge is -2.47. The molecule has 270 valence electrons.